The third-order valence-corrected chi connectivity index (χ3v) is 9.85. The molecule has 6 aromatic heterocycles. The Kier molecular flexibility index (Phi) is 8.07. The highest BCUT2D eigenvalue weighted by Gasteiger charge is 2.31. The minimum absolute atomic E-state index is 0.206. The van der Waals surface area contributed by atoms with Crippen LogP contribution in [0.5, 0.6) is 0 Å². The van der Waals surface area contributed by atoms with E-state index in [1.807, 2.05) is 51.6 Å². The van der Waals surface area contributed by atoms with Crippen LogP contribution in [0.4, 0.5) is 13.2 Å². The van der Waals surface area contributed by atoms with E-state index in [2.05, 4.69) is 27.1 Å². The lowest BCUT2D eigenvalue weighted by Crippen LogP contribution is -2.07. The zero-order chi connectivity index (χ0) is 40.3. The number of nitrogens with zero attached hydrogens (tertiary/aromatic N) is 11. The van der Waals surface area contributed by atoms with Gasteiger partial charge in [0.05, 0.1) is 40.2 Å². The molecule has 0 saturated heterocycles. The Balaban J connectivity index is 1.31. The molecule has 59 heavy (non-hydrogen) atoms. The number of hydrogen-bond donors (Lipinski definition) is 0. The molecule has 10 aromatic rings. The molecule has 0 atom stereocenters. The number of fused-ring (bicyclic) bond motifs is 3. The van der Waals surface area contributed by atoms with Crippen molar-refractivity contribution in [1.29, 1.82) is 10.5 Å². The molecule has 4 aromatic carbocycles. The number of alkyl halides is 3. The molecule has 0 unspecified atom stereocenters. The summed E-state index contributed by atoms with van der Waals surface area (Å²) in [6.45, 7) is 0. The number of rotatable bonds is 6. The monoisotopic (exact) mass is 775 g/mol. The molecule has 280 valence electrons. The highest BCUT2D eigenvalue weighted by molar-refractivity contribution is 5.88. The van der Waals surface area contributed by atoms with Gasteiger partial charge in [-0.15, -0.1) is 0 Å². The summed E-state index contributed by atoms with van der Waals surface area (Å²) in [5.41, 5.74) is 6.23. The average molecular weight is 776 g/mol. The maximum Gasteiger partial charge on any atom is 0.416 e. The van der Waals surface area contributed by atoms with Crippen molar-refractivity contribution < 1.29 is 13.2 Å². The standard InChI is InChI=1S/C45H24F3N11/c46-45(47,48)32-9-3-12-35(24-32)59-41(56-38-15-6-18-53-44(38)59)31-22-29(39-54-36-13-4-16-51-42(36)57(39)33-10-1-7-27(19-33)25-49)21-30(23-31)40-55-37-14-5-17-52-43(37)58(40)34-11-2-8-28(20-34)26-50/h1-24H. The van der Waals surface area contributed by atoms with Crippen LogP contribution >= 0.6 is 0 Å². The molecule has 0 radical (unpaired) electrons. The Hall–Kier alpha value is -8.49. The smallest absolute Gasteiger partial charge is 0.277 e. The van der Waals surface area contributed by atoms with E-state index in [0.29, 0.717) is 90.2 Å². The Morgan fingerprint density at radius 3 is 1.19 bits per heavy atom. The van der Waals surface area contributed by atoms with Crippen LogP contribution in [0.3, 0.4) is 0 Å². The van der Waals surface area contributed by atoms with Crippen molar-refractivity contribution in [3.8, 4) is 63.4 Å². The molecular formula is C45H24F3N11. The summed E-state index contributed by atoms with van der Waals surface area (Å²) < 4.78 is 47.8. The number of pyridine rings is 3. The predicted molar refractivity (Wildman–Crippen MR) is 214 cm³/mol. The fraction of sp³-hybridized carbons (Fsp3) is 0.0222. The first-order valence-electron chi connectivity index (χ1n) is 18.1. The molecule has 0 aliphatic carbocycles. The van der Waals surface area contributed by atoms with Crippen molar-refractivity contribution in [2.75, 3.05) is 0 Å². The van der Waals surface area contributed by atoms with Gasteiger partial charge in [0, 0.05) is 41.0 Å². The van der Waals surface area contributed by atoms with Gasteiger partial charge in [-0.1, -0.05) is 18.2 Å². The first-order chi connectivity index (χ1) is 28.8. The van der Waals surface area contributed by atoms with Crippen molar-refractivity contribution in [3.63, 3.8) is 0 Å². The second-order valence-corrected chi connectivity index (χ2v) is 13.5. The van der Waals surface area contributed by atoms with Crippen LogP contribution < -0.4 is 0 Å². The molecule has 14 heteroatoms. The van der Waals surface area contributed by atoms with Crippen molar-refractivity contribution in [3.05, 3.63) is 163 Å². The van der Waals surface area contributed by atoms with E-state index in [1.165, 1.54) is 6.07 Å². The maximum absolute atomic E-state index is 14.2. The summed E-state index contributed by atoms with van der Waals surface area (Å²) in [6.07, 6.45) is 0.291. The van der Waals surface area contributed by atoms with Crippen molar-refractivity contribution in [1.82, 2.24) is 43.6 Å². The Labute approximate surface area is 332 Å². The van der Waals surface area contributed by atoms with Crippen molar-refractivity contribution in [2.45, 2.75) is 6.18 Å². The third-order valence-electron chi connectivity index (χ3n) is 9.85. The Morgan fingerprint density at radius 2 is 0.814 bits per heavy atom. The molecule has 0 saturated carbocycles. The van der Waals surface area contributed by atoms with Crippen LogP contribution in [0, 0.1) is 22.7 Å². The van der Waals surface area contributed by atoms with Gasteiger partial charge < -0.3 is 0 Å². The molecule has 0 spiro atoms. The van der Waals surface area contributed by atoms with Gasteiger partial charge in [-0.2, -0.15) is 23.7 Å². The van der Waals surface area contributed by atoms with Crippen LogP contribution in [-0.2, 0) is 6.18 Å². The number of nitriles is 2. The SMILES string of the molecule is N#Cc1cccc(-n2c(-c3cc(-c4nc5cccnc5n4-c4cccc(C#N)c4)cc(-c4nc5cccnc5n4-c4cccc(C(F)(F)F)c4)c3)nc3cccnc32)c1. The number of hydrogen-bond acceptors (Lipinski definition) is 8. The van der Waals surface area contributed by atoms with E-state index in [9.17, 15) is 23.7 Å². The second kappa shape index (κ2) is 13.6. The van der Waals surface area contributed by atoms with Gasteiger partial charge in [0.2, 0.25) is 0 Å². The van der Waals surface area contributed by atoms with Gasteiger partial charge in [-0.05, 0) is 109 Å². The first-order valence-corrected chi connectivity index (χ1v) is 18.1. The van der Waals surface area contributed by atoms with Crippen molar-refractivity contribution >= 4 is 33.5 Å². The second-order valence-electron chi connectivity index (χ2n) is 13.5. The molecular weight excluding hydrogens is 752 g/mol. The highest BCUT2D eigenvalue weighted by Crippen LogP contribution is 2.39. The van der Waals surface area contributed by atoms with E-state index in [1.54, 1.807) is 89.9 Å². The summed E-state index contributed by atoms with van der Waals surface area (Å²) in [6, 6.07) is 40.0. The largest absolute Gasteiger partial charge is 0.416 e. The minimum Gasteiger partial charge on any atom is -0.277 e. The fourth-order valence-corrected chi connectivity index (χ4v) is 7.32. The number of aromatic nitrogens is 9. The quantitative estimate of drug-likeness (QED) is 0.163. The zero-order valence-corrected chi connectivity index (χ0v) is 30.4. The van der Waals surface area contributed by atoms with Gasteiger partial charge in [0.25, 0.3) is 0 Å². The van der Waals surface area contributed by atoms with E-state index < -0.39 is 11.7 Å². The van der Waals surface area contributed by atoms with Crippen LogP contribution in [0.15, 0.2) is 146 Å². The van der Waals surface area contributed by atoms with Gasteiger partial charge in [0.1, 0.15) is 34.0 Å². The zero-order valence-electron chi connectivity index (χ0n) is 30.4. The summed E-state index contributed by atoms with van der Waals surface area (Å²) in [7, 11) is 0. The molecule has 0 bridgehead atoms. The topological polar surface area (TPSA) is 140 Å². The highest BCUT2D eigenvalue weighted by atomic mass is 19.4. The van der Waals surface area contributed by atoms with E-state index in [-0.39, 0.29) is 5.69 Å². The first kappa shape index (κ1) is 35.0. The minimum atomic E-state index is -4.60. The van der Waals surface area contributed by atoms with Gasteiger partial charge >= 0.3 is 6.18 Å². The Bertz CT molecular complexity index is 3230. The summed E-state index contributed by atoms with van der Waals surface area (Å²) in [4.78, 5) is 29.1. The lowest BCUT2D eigenvalue weighted by molar-refractivity contribution is -0.137. The normalized spacial score (nSPS) is 11.6. The van der Waals surface area contributed by atoms with Gasteiger partial charge in [-0.3, -0.25) is 13.7 Å². The molecule has 10 rings (SSSR count). The maximum atomic E-state index is 14.2. The molecule has 0 N–H and O–H groups in total. The lowest BCUT2D eigenvalue weighted by atomic mass is 10.0. The molecule has 0 aliphatic heterocycles. The van der Waals surface area contributed by atoms with Gasteiger partial charge in [0.15, 0.2) is 16.9 Å². The van der Waals surface area contributed by atoms with Gasteiger partial charge in [-0.25, -0.2) is 29.9 Å². The van der Waals surface area contributed by atoms with E-state index in [0.717, 1.165) is 12.1 Å². The summed E-state index contributed by atoms with van der Waals surface area (Å²) in [5.74, 6) is 1.23. The molecule has 6 heterocycles. The molecule has 11 nitrogen and oxygen atoms in total. The fourth-order valence-electron chi connectivity index (χ4n) is 7.32. The van der Waals surface area contributed by atoms with Crippen LogP contribution in [0.25, 0.3) is 84.7 Å². The molecule has 0 aliphatic rings. The number of halogens is 3. The van der Waals surface area contributed by atoms with Crippen LogP contribution in [-0.4, -0.2) is 43.6 Å². The average Bonchev–Trinajstić information content (AvgIpc) is 3.98. The summed E-state index contributed by atoms with van der Waals surface area (Å²) in [5, 5.41) is 19.7. The third kappa shape index (κ3) is 6.00. The van der Waals surface area contributed by atoms with Crippen LogP contribution in [0.1, 0.15) is 16.7 Å². The number of imidazole rings is 3. The lowest BCUT2D eigenvalue weighted by Gasteiger charge is -2.15. The molecule has 0 amide bonds. The van der Waals surface area contributed by atoms with Crippen molar-refractivity contribution in [2.24, 2.45) is 0 Å². The Morgan fingerprint density at radius 1 is 0.441 bits per heavy atom. The predicted octanol–water partition coefficient (Wildman–Crippen LogP) is 9.65. The summed E-state index contributed by atoms with van der Waals surface area (Å²) >= 11 is 0. The number of benzene rings is 4. The van der Waals surface area contributed by atoms with E-state index in [4.69, 9.17) is 15.0 Å². The van der Waals surface area contributed by atoms with E-state index >= 15 is 0 Å². The van der Waals surface area contributed by atoms with Crippen LogP contribution in [0.2, 0.25) is 0 Å². The molecule has 0 fully saturated rings.